The van der Waals surface area contributed by atoms with Gasteiger partial charge in [0, 0.05) is 11.0 Å². The van der Waals surface area contributed by atoms with E-state index >= 15 is 0 Å². The highest BCUT2D eigenvalue weighted by Crippen LogP contribution is 2.10. The standard InChI is InChI=1S/C9H19N3/c1-3-5-6-7-8-9(4-2)11-12-10/h9H,3-8H2,1-2H3/t9-/m1/s1. The van der Waals surface area contributed by atoms with Crippen molar-refractivity contribution in [2.45, 2.75) is 58.4 Å². The number of unbranched alkanes of at least 4 members (excludes halogenated alkanes) is 3. The van der Waals surface area contributed by atoms with Gasteiger partial charge in [0.05, 0.1) is 0 Å². The van der Waals surface area contributed by atoms with Crippen LogP contribution in [0.15, 0.2) is 5.11 Å². The van der Waals surface area contributed by atoms with Gasteiger partial charge in [0.2, 0.25) is 0 Å². The third kappa shape index (κ3) is 6.05. The molecule has 0 aromatic heterocycles. The summed E-state index contributed by atoms with van der Waals surface area (Å²) in [6.07, 6.45) is 7.06. The van der Waals surface area contributed by atoms with E-state index in [0.717, 1.165) is 12.8 Å². The van der Waals surface area contributed by atoms with Gasteiger partial charge in [-0.3, -0.25) is 0 Å². The van der Waals surface area contributed by atoms with Gasteiger partial charge >= 0.3 is 0 Å². The fraction of sp³-hybridized carbons (Fsp3) is 1.00. The summed E-state index contributed by atoms with van der Waals surface area (Å²) in [5.74, 6) is 0. The lowest BCUT2D eigenvalue weighted by atomic mass is 10.1. The largest absolute Gasteiger partial charge is 0.0906 e. The van der Waals surface area contributed by atoms with Gasteiger partial charge < -0.3 is 0 Å². The Bertz CT molecular complexity index is 139. The van der Waals surface area contributed by atoms with Gasteiger partial charge in [0.25, 0.3) is 0 Å². The Morgan fingerprint density at radius 2 is 2.00 bits per heavy atom. The summed E-state index contributed by atoms with van der Waals surface area (Å²) >= 11 is 0. The van der Waals surface area contributed by atoms with Crippen molar-refractivity contribution in [2.75, 3.05) is 0 Å². The van der Waals surface area contributed by atoms with Gasteiger partial charge in [0.15, 0.2) is 0 Å². The summed E-state index contributed by atoms with van der Waals surface area (Å²) in [5, 5.41) is 3.72. The molecule has 3 heteroatoms. The Labute approximate surface area is 74.8 Å². The molecule has 0 aromatic rings. The first-order valence-electron chi connectivity index (χ1n) is 4.89. The molecule has 1 atom stereocenters. The predicted octanol–water partition coefficient (Wildman–Crippen LogP) is 4.05. The van der Waals surface area contributed by atoms with Gasteiger partial charge in [-0.05, 0) is 18.4 Å². The van der Waals surface area contributed by atoms with Crippen molar-refractivity contribution < 1.29 is 0 Å². The zero-order valence-electron chi connectivity index (χ0n) is 8.16. The molecule has 0 rings (SSSR count). The minimum absolute atomic E-state index is 0.229. The third-order valence-electron chi connectivity index (χ3n) is 2.08. The zero-order chi connectivity index (χ0) is 9.23. The first-order chi connectivity index (χ1) is 5.85. The van der Waals surface area contributed by atoms with Crippen LogP contribution in [0.25, 0.3) is 10.4 Å². The highest BCUT2D eigenvalue weighted by atomic mass is 15.1. The fourth-order valence-electron chi connectivity index (χ4n) is 1.22. The van der Waals surface area contributed by atoms with Crippen molar-refractivity contribution in [3.05, 3.63) is 10.4 Å². The molecule has 0 aliphatic rings. The Balaban J connectivity index is 3.38. The molecule has 0 amide bonds. The average molecular weight is 169 g/mol. The van der Waals surface area contributed by atoms with Crippen LogP contribution in [0.5, 0.6) is 0 Å². The first kappa shape index (κ1) is 11.3. The van der Waals surface area contributed by atoms with Crippen molar-refractivity contribution in [1.82, 2.24) is 0 Å². The van der Waals surface area contributed by atoms with Gasteiger partial charge in [0.1, 0.15) is 0 Å². The molecule has 0 radical (unpaired) electrons. The molecule has 0 N–H and O–H groups in total. The molecule has 0 spiro atoms. The van der Waals surface area contributed by atoms with E-state index in [9.17, 15) is 0 Å². The molecular weight excluding hydrogens is 150 g/mol. The summed E-state index contributed by atoms with van der Waals surface area (Å²) in [6.45, 7) is 4.27. The lowest BCUT2D eigenvalue weighted by molar-refractivity contribution is 0.536. The Morgan fingerprint density at radius 1 is 1.25 bits per heavy atom. The minimum atomic E-state index is 0.229. The molecule has 12 heavy (non-hydrogen) atoms. The van der Waals surface area contributed by atoms with Gasteiger partial charge in [-0.15, -0.1) is 0 Å². The van der Waals surface area contributed by atoms with Crippen LogP contribution in [0, 0.1) is 0 Å². The van der Waals surface area contributed by atoms with E-state index in [2.05, 4.69) is 23.9 Å². The Kier molecular flexibility index (Phi) is 7.92. The second-order valence-corrected chi connectivity index (χ2v) is 3.12. The SMILES string of the molecule is CCCCCC[C@@H](CC)N=[N+]=[N-]. The van der Waals surface area contributed by atoms with E-state index in [1.165, 1.54) is 25.7 Å². The maximum atomic E-state index is 8.23. The maximum Gasteiger partial charge on any atom is 0.0371 e. The van der Waals surface area contributed by atoms with E-state index in [4.69, 9.17) is 5.53 Å². The van der Waals surface area contributed by atoms with Crippen molar-refractivity contribution in [1.29, 1.82) is 0 Å². The van der Waals surface area contributed by atoms with E-state index in [0.29, 0.717) is 0 Å². The van der Waals surface area contributed by atoms with Crippen LogP contribution >= 0.6 is 0 Å². The van der Waals surface area contributed by atoms with Crippen LogP contribution in [0.2, 0.25) is 0 Å². The molecule has 0 bridgehead atoms. The second kappa shape index (κ2) is 8.41. The number of hydrogen-bond donors (Lipinski definition) is 0. The molecule has 0 saturated heterocycles. The normalized spacial score (nSPS) is 12.2. The predicted molar refractivity (Wildman–Crippen MR) is 52.0 cm³/mol. The van der Waals surface area contributed by atoms with Crippen molar-refractivity contribution in [2.24, 2.45) is 5.11 Å². The molecule has 0 unspecified atom stereocenters. The molecule has 0 aliphatic heterocycles. The summed E-state index contributed by atoms with van der Waals surface area (Å²) in [5.41, 5.74) is 8.23. The number of azide groups is 1. The Morgan fingerprint density at radius 3 is 2.50 bits per heavy atom. The van der Waals surface area contributed by atoms with E-state index in [1.807, 2.05) is 0 Å². The van der Waals surface area contributed by atoms with Crippen molar-refractivity contribution >= 4 is 0 Å². The summed E-state index contributed by atoms with van der Waals surface area (Å²) < 4.78 is 0. The molecule has 0 heterocycles. The highest BCUT2D eigenvalue weighted by molar-refractivity contribution is 4.64. The zero-order valence-corrected chi connectivity index (χ0v) is 8.16. The molecule has 3 nitrogen and oxygen atoms in total. The highest BCUT2D eigenvalue weighted by Gasteiger charge is 2.01. The maximum absolute atomic E-state index is 8.23. The van der Waals surface area contributed by atoms with Crippen LogP contribution in [0.3, 0.4) is 0 Å². The smallest absolute Gasteiger partial charge is 0.0371 e. The second-order valence-electron chi connectivity index (χ2n) is 3.12. The summed E-state index contributed by atoms with van der Waals surface area (Å²) in [4.78, 5) is 2.83. The van der Waals surface area contributed by atoms with E-state index in [1.54, 1.807) is 0 Å². The monoisotopic (exact) mass is 169 g/mol. The number of hydrogen-bond acceptors (Lipinski definition) is 1. The summed E-state index contributed by atoms with van der Waals surface area (Å²) in [6, 6.07) is 0.229. The van der Waals surface area contributed by atoms with Crippen molar-refractivity contribution in [3.63, 3.8) is 0 Å². The van der Waals surface area contributed by atoms with Crippen LogP contribution in [-0.4, -0.2) is 6.04 Å². The van der Waals surface area contributed by atoms with Gasteiger partial charge in [-0.1, -0.05) is 44.6 Å². The van der Waals surface area contributed by atoms with Gasteiger partial charge in [-0.25, -0.2) is 0 Å². The molecule has 0 aliphatic carbocycles. The molecule has 0 fully saturated rings. The number of rotatable bonds is 7. The van der Waals surface area contributed by atoms with Crippen LogP contribution in [0.4, 0.5) is 0 Å². The van der Waals surface area contributed by atoms with Crippen molar-refractivity contribution in [3.8, 4) is 0 Å². The fourth-order valence-corrected chi connectivity index (χ4v) is 1.22. The third-order valence-corrected chi connectivity index (χ3v) is 2.08. The molecular formula is C9H19N3. The van der Waals surface area contributed by atoms with E-state index < -0.39 is 0 Å². The minimum Gasteiger partial charge on any atom is -0.0906 e. The Hall–Kier alpha value is -0.690. The quantitative estimate of drug-likeness (QED) is 0.239. The van der Waals surface area contributed by atoms with Crippen LogP contribution in [0.1, 0.15) is 52.4 Å². The lowest BCUT2D eigenvalue weighted by Gasteiger charge is -2.06. The lowest BCUT2D eigenvalue weighted by Crippen LogP contribution is -2.00. The summed E-state index contributed by atoms with van der Waals surface area (Å²) in [7, 11) is 0. The molecule has 0 saturated carbocycles. The average Bonchev–Trinajstić information content (AvgIpc) is 2.10. The number of nitrogens with zero attached hydrogens (tertiary/aromatic N) is 3. The van der Waals surface area contributed by atoms with Crippen LogP contribution in [-0.2, 0) is 0 Å². The topological polar surface area (TPSA) is 48.8 Å². The molecule has 0 aromatic carbocycles. The van der Waals surface area contributed by atoms with Gasteiger partial charge in [-0.2, -0.15) is 0 Å². The van der Waals surface area contributed by atoms with E-state index in [-0.39, 0.29) is 6.04 Å². The molecule has 70 valence electrons. The van der Waals surface area contributed by atoms with Crippen LogP contribution < -0.4 is 0 Å². The first-order valence-corrected chi connectivity index (χ1v) is 4.89.